The summed E-state index contributed by atoms with van der Waals surface area (Å²) in [5.41, 5.74) is 2.70. The van der Waals surface area contributed by atoms with Crippen molar-refractivity contribution in [1.82, 2.24) is 10.3 Å². The lowest BCUT2D eigenvalue weighted by atomic mass is 9.89. The smallest absolute Gasteiger partial charge is 0.248 e. The van der Waals surface area contributed by atoms with Crippen LogP contribution < -0.4 is 10.9 Å². The van der Waals surface area contributed by atoms with Gasteiger partial charge in [0.05, 0.1) is 0 Å². The van der Waals surface area contributed by atoms with Gasteiger partial charge in [-0.15, -0.1) is 0 Å². The van der Waals surface area contributed by atoms with Crippen LogP contribution in [0.4, 0.5) is 0 Å². The first-order valence-electron chi connectivity index (χ1n) is 6.41. The standard InChI is InChI=1S/C14H22N2O/c1-14(2,3)9-15-11-5-4-6-12-10(11)7-8-13(17)16-12/h7-8,11,15H,4-6,9H2,1-3H3,(H,16,17). The topological polar surface area (TPSA) is 44.9 Å². The van der Waals surface area contributed by atoms with E-state index in [4.69, 9.17) is 0 Å². The largest absolute Gasteiger partial charge is 0.326 e. The van der Waals surface area contributed by atoms with E-state index in [0.717, 1.165) is 31.5 Å². The second-order valence-corrected chi connectivity index (χ2v) is 6.14. The highest BCUT2D eigenvalue weighted by Gasteiger charge is 2.22. The van der Waals surface area contributed by atoms with Gasteiger partial charge < -0.3 is 10.3 Å². The molecule has 2 rings (SSSR count). The van der Waals surface area contributed by atoms with Crippen LogP contribution in [0.1, 0.15) is 50.9 Å². The summed E-state index contributed by atoms with van der Waals surface area (Å²) in [5.74, 6) is 0. The van der Waals surface area contributed by atoms with Gasteiger partial charge in [-0.25, -0.2) is 0 Å². The highest BCUT2D eigenvalue weighted by atomic mass is 16.1. The molecule has 3 heteroatoms. The van der Waals surface area contributed by atoms with E-state index in [2.05, 4.69) is 31.1 Å². The fourth-order valence-corrected chi connectivity index (χ4v) is 2.34. The number of pyridine rings is 1. The Labute approximate surface area is 103 Å². The zero-order valence-corrected chi connectivity index (χ0v) is 11.0. The number of nitrogens with one attached hydrogen (secondary N) is 2. The first kappa shape index (κ1) is 12.4. The average molecular weight is 234 g/mol. The maximum absolute atomic E-state index is 11.3. The van der Waals surface area contributed by atoms with E-state index in [-0.39, 0.29) is 5.56 Å². The number of aromatic amines is 1. The quantitative estimate of drug-likeness (QED) is 0.825. The zero-order chi connectivity index (χ0) is 12.5. The van der Waals surface area contributed by atoms with E-state index in [0.29, 0.717) is 11.5 Å². The highest BCUT2D eigenvalue weighted by molar-refractivity contribution is 5.26. The first-order valence-corrected chi connectivity index (χ1v) is 6.41. The molecule has 0 amide bonds. The Bertz CT molecular complexity index is 442. The lowest BCUT2D eigenvalue weighted by Crippen LogP contribution is -2.33. The van der Waals surface area contributed by atoms with Gasteiger partial charge in [-0.3, -0.25) is 4.79 Å². The summed E-state index contributed by atoms with van der Waals surface area (Å²) in [7, 11) is 0. The van der Waals surface area contributed by atoms with Crippen molar-refractivity contribution in [3.63, 3.8) is 0 Å². The Morgan fingerprint density at radius 3 is 2.88 bits per heavy atom. The summed E-state index contributed by atoms with van der Waals surface area (Å²) in [6.07, 6.45) is 3.31. The van der Waals surface area contributed by atoms with Gasteiger partial charge in [-0.1, -0.05) is 26.8 Å². The van der Waals surface area contributed by atoms with Crippen LogP contribution in [-0.4, -0.2) is 11.5 Å². The number of H-pyrrole nitrogens is 1. The summed E-state index contributed by atoms with van der Waals surface area (Å²) in [5, 5.41) is 3.62. The second-order valence-electron chi connectivity index (χ2n) is 6.14. The van der Waals surface area contributed by atoms with Crippen LogP contribution in [0.5, 0.6) is 0 Å². The van der Waals surface area contributed by atoms with E-state index >= 15 is 0 Å². The minimum absolute atomic E-state index is 0.0141. The monoisotopic (exact) mass is 234 g/mol. The molecule has 0 radical (unpaired) electrons. The number of fused-ring (bicyclic) bond motifs is 1. The van der Waals surface area contributed by atoms with Crippen molar-refractivity contribution in [2.75, 3.05) is 6.54 Å². The van der Waals surface area contributed by atoms with Crippen molar-refractivity contribution in [1.29, 1.82) is 0 Å². The van der Waals surface area contributed by atoms with Gasteiger partial charge in [0.15, 0.2) is 0 Å². The number of hydrogen-bond donors (Lipinski definition) is 2. The van der Waals surface area contributed by atoms with Crippen molar-refractivity contribution in [3.8, 4) is 0 Å². The van der Waals surface area contributed by atoms with Gasteiger partial charge in [0, 0.05) is 24.3 Å². The third-order valence-corrected chi connectivity index (χ3v) is 3.21. The van der Waals surface area contributed by atoms with Crippen LogP contribution in [0.15, 0.2) is 16.9 Å². The summed E-state index contributed by atoms with van der Waals surface area (Å²) in [6.45, 7) is 7.69. The normalized spacial score (nSPS) is 20.1. The predicted octanol–water partition coefficient (Wildman–Crippen LogP) is 2.39. The van der Waals surface area contributed by atoms with Crippen LogP contribution in [-0.2, 0) is 6.42 Å². The molecule has 0 aromatic carbocycles. The molecule has 1 atom stereocenters. The number of aromatic nitrogens is 1. The van der Waals surface area contributed by atoms with Crippen LogP contribution in [0.2, 0.25) is 0 Å². The summed E-state index contributed by atoms with van der Waals surface area (Å²) < 4.78 is 0. The minimum atomic E-state index is 0.0141. The predicted molar refractivity (Wildman–Crippen MR) is 70.2 cm³/mol. The molecule has 94 valence electrons. The summed E-state index contributed by atoms with van der Waals surface area (Å²) in [6, 6.07) is 4.01. The average Bonchev–Trinajstić information content (AvgIpc) is 2.24. The van der Waals surface area contributed by atoms with Gasteiger partial charge in [0.2, 0.25) is 5.56 Å². The van der Waals surface area contributed by atoms with Crippen LogP contribution in [0.3, 0.4) is 0 Å². The van der Waals surface area contributed by atoms with Crippen LogP contribution in [0, 0.1) is 5.41 Å². The molecule has 1 aromatic heterocycles. The molecule has 0 aliphatic heterocycles. The third kappa shape index (κ3) is 3.19. The summed E-state index contributed by atoms with van der Waals surface area (Å²) >= 11 is 0. The van der Waals surface area contributed by atoms with Crippen molar-refractivity contribution >= 4 is 0 Å². The van der Waals surface area contributed by atoms with Crippen LogP contribution in [0.25, 0.3) is 0 Å². The Morgan fingerprint density at radius 2 is 2.18 bits per heavy atom. The molecule has 3 nitrogen and oxygen atoms in total. The van der Waals surface area contributed by atoms with Gasteiger partial charge in [0.25, 0.3) is 0 Å². The van der Waals surface area contributed by atoms with E-state index in [1.807, 2.05) is 6.07 Å². The van der Waals surface area contributed by atoms with Gasteiger partial charge in [-0.05, 0) is 30.2 Å². The third-order valence-electron chi connectivity index (χ3n) is 3.21. The van der Waals surface area contributed by atoms with Gasteiger partial charge in [-0.2, -0.15) is 0 Å². The molecule has 1 heterocycles. The van der Waals surface area contributed by atoms with Crippen molar-refractivity contribution in [3.05, 3.63) is 33.7 Å². The lowest BCUT2D eigenvalue weighted by molar-refractivity contribution is 0.336. The highest BCUT2D eigenvalue weighted by Crippen LogP contribution is 2.28. The molecule has 1 aliphatic rings. The molecule has 0 saturated heterocycles. The van der Waals surface area contributed by atoms with E-state index in [1.165, 1.54) is 5.56 Å². The first-order chi connectivity index (χ1) is 7.96. The van der Waals surface area contributed by atoms with Gasteiger partial charge >= 0.3 is 0 Å². The minimum Gasteiger partial charge on any atom is -0.326 e. The molecule has 2 N–H and O–H groups in total. The Morgan fingerprint density at radius 1 is 1.41 bits per heavy atom. The molecule has 0 saturated carbocycles. The summed E-state index contributed by atoms with van der Waals surface area (Å²) in [4.78, 5) is 14.2. The van der Waals surface area contributed by atoms with E-state index in [1.54, 1.807) is 6.07 Å². The zero-order valence-electron chi connectivity index (χ0n) is 11.0. The number of rotatable bonds is 2. The molecule has 0 bridgehead atoms. The van der Waals surface area contributed by atoms with E-state index in [9.17, 15) is 4.79 Å². The fourth-order valence-electron chi connectivity index (χ4n) is 2.34. The fraction of sp³-hybridized carbons (Fsp3) is 0.643. The van der Waals surface area contributed by atoms with Crippen molar-refractivity contribution in [2.24, 2.45) is 5.41 Å². The maximum atomic E-state index is 11.3. The Hall–Kier alpha value is -1.09. The van der Waals surface area contributed by atoms with E-state index < -0.39 is 0 Å². The van der Waals surface area contributed by atoms with Crippen LogP contribution >= 0.6 is 0 Å². The molecular weight excluding hydrogens is 212 g/mol. The second kappa shape index (κ2) is 4.65. The molecule has 1 aromatic rings. The van der Waals surface area contributed by atoms with Crippen molar-refractivity contribution in [2.45, 2.75) is 46.1 Å². The Balaban J connectivity index is 2.15. The molecule has 0 spiro atoms. The molecule has 0 fully saturated rings. The maximum Gasteiger partial charge on any atom is 0.248 e. The lowest BCUT2D eigenvalue weighted by Gasteiger charge is -2.29. The number of hydrogen-bond acceptors (Lipinski definition) is 2. The molecule has 1 unspecified atom stereocenters. The van der Waals surface area contributed by atoms with Gasteiger partial charge in [0.1, 0.15) is 0 Å². The number of aryl methyl sites for hydroxylation is 1. The SMILES string of the molecule is CC(C)(C)CNC1CCCc2[nH]c(=O)ccc21. The molecular formula is C14H22N2O. The molecule has 1 aliphatic carbocycles. The van der Waals surface area contributed by atoms with Crippen molar-refractivity contribution < 1.29 is 0 Å². The molecule has 17 heavy (non-hydrogen) atoms. The Kier molecular flexibility index (Phi) is 3.38.